The van der Waals surface area contributed by atoms with Crippen LogP contribution in [0.1, 0.15) is 5.56 Å². The van der Waals surface area contributed by atoms with Crippen molar-refractivity contribution >= 4 is 34.6 Å². The summed E-state index contributed by atoms with van der Waals surface area (Å²) in [6.07, 6.45) is -4.58. The molecule has 0 aliphatic heterocycles. The van der Waals surface area contributed by atoms with E-state index in [0.29, 0.717) is 0 Å². The largest absolute Gasteiger partial charge is 0.456 e. The molecule has 0 amide bonds. The Hall–Kier alpha value is -1.79. The van der Waals surface area contributed by atoms with Gasteiger partial charge in [0.05, 0.1) is 27.0 Å². The molecule has 0 saturated heterocycles. The van der Waals surface area contributed by atoms with Gasteiger partial charge in [0.2, 0.25) is 0 Å². The van der Waals surface area contributed by atoms with Crippen LogP contribution in [0.25, 0.3) is 0 Å². The van der Waals surface area contributed by atoms with Gasteiger partial charge < -0.3 is 16.2 Å². The second-order valence-corrected chi connectivity index (χ2v) is 4.97. The van der Waals surface area contributed by atoms with Gasteiger partial charge >= 0.3 is 6.18 Å². The van der Waals surface area contributed by atoms with E-state index in [1.165, 1.54) is 18.2 Å². The minimum atomic E-state index is -4.58. The van der Waals surface area contributed by atoms with Crippen molar-refractivity contribution in [2.75, 3.05) is 11.5 Å². The van der Waals surface area contributed by atoms with E-state index < -0.39 is 16.8 Å². The highest BCUT2D eigenvalue weighted by Crippen LogP contribution is 2.39. The van der Waals surface area contributed by atoms with Gasteiger partial charge in [-0.15, -0.1) is 0 Å². The molecule has 0 radical (unpaired) electrons. The lowest BCUT2D eigenvalue weighted by Crippen LogP contribution is -2.06. The summed E-state index contributed by atoms with van der Waals surface area (Å²) in [5.74, 6) is 0.0246. The van der Waals surface area contributed by atoms with E-state index >= 15 is 0 Å². The van der Waals surface area contributed by atoms with Crippen LogP contribution in [-0.4, -0.2) is 0 Å². The van der Waals surface area contributed by atoms with E-state index in [9.17, 15) is 13.2 Å². The molecule has 2 rings (SSSR count). The Kier molecular flexibility index (Phi) is 4.11. The smallest absolute Gasteiger partial charge is 0.417 e. The summed E-state index contributed by atoms with van der Waals surface area (Å²) in [6.45, 7) is 0. The summed E-state index contributed by atoms with van der Waals surface area (Å²) in [7, 11) is 0. The van der Waals surface area contributed by atoms with E-state index in [2.05, 4.69) is 0 Å². The first kappa shape index (κ1) is 15.6. The fourth-order valence-corrected chi connectivity index (χ4v) is 2.01. The predicted molar refractivity (Wildman–Crippen MR) is 76.8 cm³/mol. The Labute approximate surface area is 128 Å². The lowest BCUT2D eigenvalue weighted by molar-refractivity contribution is -0.137. The van der Waals surface area contributed by atoms with Crippen LogP contribution in [0.5, 0.6) is 11.5 Å². The highest BCUT2D eigenvalue weighted by molar-refractivity contribution is 6.32. The van der Waals surface area contributed by atoms with Crippen molar-refractivity contribution in [3.05, 3.63) is 45.9 Å². The average Bonchev–Trinajstić information content (AvgIpc) is 2.37. The van der Waals surface area contributed by atoms with Crippen LogP contribution in [-0.2, 0) is 6.18 Å². The number of ether oxygens (including phenoxy) is 1. The molecule has 0 fully saturated rings. The summed E-state index contributed by atoms with van der Waals surface area (Å²) in [4.78, 5) is 0. The minimum absolute atomic E-state index is 0.0715. The number of benzene rings is 2. The highest BCUT2D eigenvalue weighted by atomic mass is 35.5. The average molecular weight is 337 g/mol. The third-order valence-corrected chi connectivity index (χ3v) is 3.23. The number of halogens is 5. The highest BCUT2D eigenvalue weighted by Gasteiger charge is 2.33. The fraction of sp³-hybridized carbons (Fsp3) is 0.0769. The molecule has 0 heterocycles. The third-order valence-electron chi connectivity index (χ3n) is 2.61. The Balaban J connectivity index is 2.39. The van der Waals surface area contributed by atoms with Gasteiger partial charge in [0, 0.05) is 6.07 Å². The molecule has 21 heavy (non-hydrogen) atoms. The van der Waals surface area contributed by atoms with Crippen molar-refractivity contribution in [1.82, 2.24) is 0 Å². The maximum Gasteiger partial charge on any atom is 0.417 e. The summed E-state index contributed by atoms with van der Waals surface area (Å²) >= 11 is 11.4. The molecule has 2 aromatic carbocycles. The maximum absolute atomic E-state index is 12.8. The summed E-state index contributed by atoms with van der Waals surface area (Å²) in [6, 6.07) is 5.85. The van der Waals surface area contributed by atoms with Gasteiger partial charge in [0.25, 0.3) is 0 Å². The third kappa shape index (κ3) is 3.46. The van der Waals surface area contributed by atoms with Gasteiger partial charge in [-0.25, -0.2) is 0 Å². The van der Waals surface area contributed by atoms with Crippen molar-refractivity contribution in [2.45, 2.75) is 6.18 Å². The lowest BCUT2D eigenvalue weighted by atomic mass is 10.2. The van der Waals surface area contributed by atoms with Crippen LogP contribution in [0.2, 0.25) is 10.0 Å². The maximum atomic E-state index is 12.8. The number of anilines is 2. The van der Waals surface area contributed by atoms with Crippen molar-refractivity contribution in [3.8, 4) is 11.5 Å². The molecule has 0 aromatic heterocycles. The van der Waals surface area contributed by atoms with Crippen LogP contribution >= 0.6 is 23.2 Å². The van der Waals surface area contributed by atoms with Crippen LogP contribution in [0.3, 0.4) is 0 Å². The van der Waals surface area contributed by atoms with Crippen LogP contribution < -0.4 is 16.2 Å². The molecule has 0 unspecified atom stereocenters. The van der Waals surface area contributed by atoms with Crippen molar-refractivity contribution in [3.63, 3.8) is 0 Å². The van der Waals surface area contributed by atoms with E-state index in [1.54, 1.807) is 0 Å². The molecule has 0 atom stereocenters. The molecule has 112 valence electrons. The number of nitrogens with two attached hydrogens (primary N) is 2. The number of hydrogen-bond acceptors (Lipinski definition) is 3. The normalized spacial score (nSPS) is 11.5. The predicted octanol–water partition coefficient (Wildman–Crippen LogP) is 4.97. The topological polar surface area (TPSA) is 61.3 Å². The van der Waals surface area contributed by atoms with Crippen LogP contribution in [0.15, 0.2) is 30.3 Å². The zero-order valence-electron chi connectivity index (χ0n) is 10.3. The SMILES string of the molecule is Nc1cc(Cl)c(Oc2ccc(Cl)c(C(F)(F)F)c2)cc1N. The van der Waals surface area contributed by atoms with E-state index in [-0.39, 0.29) is 27.9 Å². The van der Waals surface area contributed by atoms with Gasteiger partial charge in [0.1, 0.15) is 11.5 Å². The first-order chi connectivity index (χ1) is 9.68. The zero-order valence-corrected chi connectivity index (χ0v) is 11.9. The second kappa shape index (κ2) is 5.54. The number of rotatable bonds is 2. The molecular weight excluding hydrogens is 328 g/mol. The van der Waals surface area contributed by atoms with Crippen LogP contribution in [0.4, 0.5) is 24.5 Å². The molecule has 8 heteroatoms. The first-order valence-electron chi connectivity index (χ1n) is 5.57. The Morgan fingerprint density at radius 1 is 0.905 bits per heavy atom. The number of hydrogen-bond donors (Lipinski definition) is 2. The molecule has 0 bridgehead atoms. The molecule has 0 spiro atoms. The molecule has 3 nitrogen and oxygen atoms in total. The lowest BCUT2D eigenvalue weighted by Gasteiger charge is -2.13. The number of alkyl halides is 3. The van der Waals surface area contributed by atoms with Crippen LogP contribution in [0, 0.1) is 0 Å². The van der Waals surface area contributed by atoms with Gasteiger partial charge in [-0.05, 0) is 24.3 Å². The number of nitrogen functional groups attached to an aromatic ring is 2. The van der Waals surface area contributed by atoms with Crippen molar-refractivity contribution in [2.24, 2.45) is 0 Å². The monoisotopic (exact) mass is 336 g/mol. The van der Waals surface area contributed by atoms with Crippen molar-refractivity contribution < 1.29 is 17.9 Å². The Bertz CT molecular complexity index is 690. The Morgan fingerprint density at radius 2 is 1.52 bits per heavy atom. The van der Waals surface area contributed by atoms with E-state index in [0.717, 1.165) is 12.1 Å². The summed E-state index contributed by atoms with van der Waals surface area (Å²) < 4.78 is 43.6. The molecule has 0 saturated carbocycles. The molecule has 0 aliphatic carbocycles. The summed E-state index contributed by atoms with van der Waals surface area (Å²) in [5, 5.41) is -0.289. The quantitative estimate of drug-likeness (QED) is 0.761. The van der Waals surface area contributed by atoms with E-state index in [4.69, 9.17) is 39.4 Å². The van der Waals surface area contributed by atoms with Crippen molar-refractivity contribution in [1.29, 1.82) is 0 Å². The van der Waals surface area contributed by atoms with Gasteiger partial charge in [-0.1, -0.05) is 23.2 Å². The summed E-state index contributed by atoms with van der Waals surface area (Å²) in [5.41, 5.74) is 10.6. The standard InChI is InChI=1S/C13H9Cl2F3N2O/c14-8-2-1-6(3-7(8)13(16,17)18)21-12-5-11(20)10(19)4-9(12)15/h1-5H,19-20H2. The van der Waals surface area contributed by atoms with Gasteiger partial charge in [0.15, 0.2) is 0 Å². The molecular formula is C13H9Cl2F3N2O. The molecule has 2 aromatic rings. The van der Waals surface area contributed by atoms with Gasteiger partial charge in [-0.3, -0.25) is 0 Å². The molecule has 0 aliphatic rings. The second-order valence-electron chi connectivity index (χ2n) is 4.15. The fourth-order valence-electron chi connectivity index (χ4n) is 1.57. The van der Waals surface area contributed by atoms with E-state index in [1.807, 2.05) is 0 Å². The minimum Gasteiger partial charge on any atom is -0.456 e. The molecule has 4 N–H and O–H groups in total. The Morgan fingerprint density at radius 3 is 2.14 bits per heavy atom. The van der Waals surface area contributed by atoms with Gasteiger partial charge in [-0.2, -0.15) is 13.2 Å². The first-order valence-corrected chi connectivity index (χ1v) is 6.33. The zero-order chi connectivity index (χ0) is 15.8.